The second kappa shape index (κ2) is 7.65. The highest BCUT2D eigenvalue weighted by Gasteiger charge is 2.36. The van der Waals surface area contributed by atoms with Crippen LogP contribution in [0.25, 0.3) is 0 Å². The summed E-state index contributed by atoms with van der Waals surface area (Å²) in [6.45, 7) is 3.21. The molecule has 1 N–H and O–H groups in total. The molecule has 1 aromatic rings. The molecule has 1 atom stereocenters. The third-order valence-electron chi connectivity index (χ3n) is 4.82. The molecular formula is C18H23N3O4. The van der Waals surface area contributed by atoms with Gasteiger partial charge in [-0.2, -0.15) is 0 Å². The number of benzene rings is 1. The van der Waals surface area contributed by atoms with Crippen LogP contribution in [0.2, 0.25) is 0 Å². The molecule has 1 aromatic carbocycles. The zero-order chi connectivity index (χ0) is 17.8. The van der Waals surface area contributed by atoms with E-state index in [-0.39, 0.29) is 36.5 Å². The molecule has 2 aliphatic rings. The topological polar surface area (TPSA) is 79.0 Å². The first-order chi connectivity index (χ1) is 12.1. The van der Waals surface area contributed by atoms with Crippen LogP contribution in [0.15, 0.2) is 24.3 Å². The van der Waals surface area contributed by atoms with Gasteiger partial charge in [0.1, 0.15) is 11.8 Å². The van der Waals surface area contributed by atoms with Crippen molar-refractivity contribution < 1.29 is 19.1 Å². The van der Waals surface area contributed by atoms with E-state index in [1.165, 1.54) is 0 Å². The average Bonchev–Trinajstić information content (AvgIpc) is 2.66. The van der Waals surface area contributed by atoms with Crippen molar-refractivity contribution in [1.29, 1.82) is 0 Å². The molecule has 2 aliphatic heterocycles. The zero-order valence-electron chi connectivity index (χ0n) is 14.4. The van der Waals surface area contributed by atoms with Gasteiger partial charge in [0, 0.05) is 51.1 Å². The fourth-order valence-corrected chi connectivity index (χ4v) is 3.30. The number of hydrogen-bond donors (Lipinski definition) is 1. The molecule has 7 nitrogen and oxygen atoms in total. The van der Waals surface area contributed by atoms with E-state index >= 15 is 0 Å². The second-order valence-electron chi connectivity index (χ2n) is 6.33. The molecule has 0 aliphatic carbocycles. The summed E-state index contributed by atoms with van der Waals surface area (Å²) in [5, 5.41) is 2.84. The first kappa shape index (κ1) is 17.4. The molecule has 0 saturated carbocycles. The van der Waals surface area contributed by atoms with Gasteiger partial charge in [-0.05, 0) is 24.3 Å². The number of ether oxygens (including phenoxy) is 1. The number of ketones is 1. The summed E-state index contributed by atoms with van der Waals surface area (Å²) in [6, 6.07) is 6.61. The smallest absolute Gasteiger partial charge is 0.239 e. The van der Waals surface area contributed by atoms with Crippen LogP contribution in [0.5, 0.6) is 5.75 Å². The number of nitrogens with zero attached hydrogens (tertiary/aromatic N) is 2. The van der Waals surface area contributed by atoms with Crippen molar-refractivity contribution in [1.82, 2.24) is 15.1 Å². The summed E-state index contributed by atoms with van der Waals surface area (Å²) in [4.78, 5) is 40.4. The number of rotatable bonds is 5. The van der Waals surface area contributed by atoms with Crippen molar-refractivity contribution >= 4 is 17.6 Å². The van der Waals surface area contributed by atoms with Crippen molar-refractivity contribution in [3.05, 3.63) is 29.8 Å². The largest absolute Gasteiger partial charge is 0.497 e. The van der Waals surface area contributed by atoms with E-state index in [0.29, 0.717) is 37.5 Å². The number of nitrogens with one attached hydrogen (secondary N) is 1. The molecule has 0 aromatic heterocycles. The van der Waals surface area contributed by atoms with Gasteiger partial charge >= 0.3 is 0 Å². The lowest BCUT2D eigenvalue weighted by Crippen LogP contribution is -2.64. The van der Waals surface area contributed by atoms with E-state index in [2.05, 4.69) is 10.2 Å². The molecule has 25 heavy (non-hydrogen) atoms. The van der Waals surface area contributed by atoms with Crippen LogP contribution in [0, 0.1) is 0 Å². The van der Waals surface area contributed by atoms with E-state index in [1.54, 1.807) is 36.3 Å². The molecule has 3 rings (SSSR count). The lowest BCUT2D eigenvalue weighted by molar-refractivity contribution is -0.139. The Morgan fingerprint density at radius 3 is 2.64 bits per heavy atom. The molecule has 2 amide bonds. The minimum atomic E-state index is -0.260. The zero-order valence-corrected chi connectivity index (χ0v) is 14.4. The van der Waals surface area contributed by atoms with Crippen LogP contribution < -0.4 is 10.1 Å². The van der Waals surface area contributed by atoms with Crippen LogP contribution in [-0.4, -0.2) is 73.3 Å². The number of fused-ring (bicyclic) bond motifs is 1. The Morgan fingerprint density at radius 1 is 1.16 bits per heavy atom. The molecule has 7 heteroatoms. The summed E-state index contributed by atoms with van der Waals surface area (Å²) in [7, 11) is 1.57. The van der Waals surface area contributed by atoms with Gasteiger partial charge in [-0.1, -0.05) is 0 Å². The summed E-state index contributed by atoms with van der Waals surface area (Å²) >= 11 is 0. The maximum absolute atomic E-state index is 12.4. The molecule has 0 spiro atoms. The Hall–Kier alpha value is -2.41. The number of carbonyl (C=O) groups is 3. The summed E-state index contributed by atoms with van der Waals surface area (Å²) in [5.41, 5.74) is 0.574. The van der Waals surface area contributed by atoms with Crippen LogP contribution in [0.3, 0.4) is 0 Å². The molecule has 2 saturated heterocycles. The Balaban J connectivity index is 1.51. The van der Waals surface area contributed by atoms with Crippen molar-refractivity contribution in [3.63, 3.8) is 0 Å². The average molecular weight is 345 g/mol. The number of Topliss-reactive ketones (excluding diaryl/α,β-unsaturated/α-hetero) is 1. The number of hydrogen-bond acceptors (Lipinski definition) is 5. The van der Waals surface area contributed by atoms with E-state index in [4.69, 9.17) is 4.74 Å². The maximum Gasteiger partial charge on any atom is 0.239 e. The lowest BCUT2D eigenvalue weighted by Gasteiger charge is -2.43. The van der Waals surface area contributed by atoms with E-state index in [1.807, 2.05) is 0 Å². The van der Waals surface area contributed by atoms with Gasteiger partial charge in [0.05, 0.1) is 7.11 Å². The molecule has 2 heterocycles. The quantitative estimate of drug-likeness (QED) is 0.777. The standard InChI is InChI=1S/C18H23N3O4/c1-25-14-4-2-13(3-5-14)16(22)6-7-17(23)21-11-10-20-9-8-19-18(24)15(20)12-21/h2-5,15H,6-12H2,1H3,(H,19,24)/t15-/m0/s1. The SMILES string of the molecule is COc1ccc(C(=O)CCC(=O)N2CCN3CCNC(=O)[C@@H]3C2)cc1. The minimum absolute atomic E-state index is 0.0157. The van der Waals surface area contributed by atoms with Gasteiger partial charge in [-0.15, -0.1) is 0 Å². The molecule has 2 fully saturated rings. The summed E-state index contributed by atoms with van der Waals surface area (Å²) in [6.07, 6.45) is 0.335. The fraction of sp³-hybridized carbons (Fsp3) is 0.500. The first-order valence-electron chi connectivity index (χ1n) is 8.55. The van der Waals surface area contributed by atoms with Gasteiger partial charge in [-0.3, -0.25) is 19.3 Å². The molecule has 134 valence electrons. The molecular weight excluding hydrogens is 322 g/mol. The van der Waals surface area contributed by atoms with Gasteiger partial charge in [0.15, 0.2) is 5.78 Å². The van der Waals surface area contributed by atoms with Gasteiger partial charge in [0.25, 0.3) is 0 Å². The highest BCUT2D eigenvalue weighted by molar-refractivity contribution is 5.98. The monoisotopic (exact) mass is 345 g/mol. The predicted octanol–water partition coefficient (Wildman–Crippen LogP) is 0.301. The number of carbonyl (C=O) groups excluding carboxylic acids is 3. The summed E-state index contributed by atoms with van der Waals surface area (Å²) in [5.74, 6) is 0.541. The van der Waals surface area contributed by atoms with Crippen molar-refractivity contribution in [3.8, 4) is 5.75 Å². The second-order valence-corrected chi connectivity index (χ2v) is 6.33. The van der Waals surface area contributed by atoms with Crippen molar-refractivity contribution in [2.45, 2.75) is 18.9 Å². The van der Waals surface area contributed by atoms with Gasteiger partial charge in [0.2, 0.25) is 11.8 Å². The van der Waals surface area contributed by atoms with Gasteiger partial charge < -0.3 is 15.0 Å². The third-order valence-corrected chi connectivity index (χ3v) is 4.82. The van der Waals surface area contributed by atoms with Crippen LogP contribution in [0.1, 0.15) is 23.2 Å². The van der Waals surface area contributed by atoms with Crippen molar-refractivity contribution in [2.24, 2.45) is 0 Å². The van der Waals surface area contributed by atoms with E-state index in [9.17, 15) is 14.4 Å². The van der Waals surface area contributed by atoms with Crippen LogP contribution >= 0.6 is 0 Å². The summed E-state index contributed by atoms with van der Waals surface area (Å²) < 4.78 is 5.07. The maximum atomic E-state index is 12.4. The van der Waals surface area contributed by atoms with Crippen LogP contribution in [-0.2, 0) is 9.59 Å². The Bertz CT molecular complexity index is 659. The molecule has 0 bridgehead atoms. The first-order valence-corrected chi connectivity index (χ1v) is 8.55. The molecule has 0 radical (unpaired) electrons. The number of amides is 2. The highest BCUT2D eigenvalue weighted by Crippen LogP contribution is 2.16. The molecule has 0 unspecified atom stereocenters. The van der Waals surface area contributed by atoms with E-state index < -0.39 is 0 Å². The predicted molar refractivity (Wildman–Crippen MR) is 91.5 cm³/mol. The number of methoxy groups -OCH3 is 1. The Morgan fingerprint density at radius 2 is 1.92 bits per heavy atom. The van der Waals surface area contributed by atoms with Crippen LogP contribution in [0.4, 0.5) is 0 Å². The van der Waals surface area contributed by atoms with Crippen molar-refractivity contribution in [2.75, 3.05) is 39.8 Å². The highest BCUT2D eigenvalue weighted by atomic mass is 16.5. The normalized spacial score (nSPS) is 20.6. The Kier molecular flexibility index (Phi) is 5.33. The Labute approximate surface area is 146 Å². The van der Waals surface area contributed by atoms with Gasteiger partial charge in [-0.25, -0.2) is 0 Å². The van der Waals surface area contributed by atoms with E-state index in [0.717, 1.165) is 6.54 Å². The minimum Gasteiger partial charge on any atom is -0.497 e. The third kappa shape index (κ3) is 3.99. The fourth-order valence-electron chi connectivity index (χ4n) is 3.30. The lowest BCUT2D eigenvalue weighted by atomic mass is 10.0. The number of piperazine rings is 2.